The predicted molar refractivity (Wildman–Crippen MR) is 73.8 cm³/mol. The van der Waals surface area contributed by atoms with E-state index in [-0.39, 0.29) is 0 Å². The smallest absolute Gasteiger partial charge is 0.0264 e. The van der Waals surface area contributed by atoms with Gasteiger partial charge in [-0.1, -0.05) is 0 Å². The summed E-state index contributed by atoms with van der Waals surface area (Å²) in [4.78, 5) is 5.59. The van der Waals surface area contributed by atoms with Crippen LogP contribution >= 0.6 is 0 Å². The lowest BCUT2D eigenvalue weighted by Crippen LogP contribution is -2.52. The van der Waals surface area contributed by atoms with E-state index in [2.05, 4.69) is 15.1 Å². The Bertz CT molecular complexity index is 302. The molecule has 1 saturated carbocycles. The van der Waals surface area contributed by atoms with Gasteiger partial charge in [0.2, 0.25) is 0 Å². The standard InChI is InChI=1S/C15H27N3/c1-3-13(16-12-5-6-12)11-18(9-1)15-7-10-17-8-2-4-14(15)17/h12-16H,1-11H2. The molecule has 3 aliphatic heterocycles. The van der Waals surface area contributed by atoms with Gasteiger partial charge >= 0.3 is 0 Å². The Kier molecular flexibility index (Phi) is 3.10. The Balaban J connectivity index is 1.38. The number of fused-ring (bicyclic) bond motifs is 1. The number of hydrogen-bond acceptors (Lipinski definition) is 3. The fourth-order valence-corrected chi connectivity index (χ4v) is 4.51. The first-order valence-electron chi connectivity index (χ1n) is 8.14. The molecular formula is C15H27N3. The lowest BCUT2D eigenvalue weighted by Gasteiger charge is -2.39. The zero-order chi connectivity index (χ0) is 11.9. The minimum absolute atomic E-state index is 0.793. The maximum absolute atomic E-state index is 3.85. The Labute approximate surface area is 111 Å². The van der Waals surface area contributed by atoms with E-state index >= 15 is 0 Å². The normalized spacial score (nSPS) is 42.3. The van der Waals surface area contributed by atoms with Crippen LogP contribution in [0.1, 0.15) is 44.9 Å². The maximum Gasteiger partial charge on any atom is 0.0264 e. The summed E-state index contributed by atoms with van der Waals surface area (Å²) in [6, 6.07) is 3.46. The van der Waals surface area contributed by atoms with Crippen LogP contribution in [0.15, 0.2) is 0 Å². The third-order valence-corrected chi connectivity index (χ3v) is 5.54. The minimum Gasteiger partial charge on any atom is -0.310 e. The van der Waals surface area contributed by atoms with Crippen molar-refractivity contribution in [3.8, 4) is 0 Å². The van der Waals surface area contributed by atoms with E-state index < -0.39 is 0 Å². The summed E-state index contributed by atoms with van der Waals surface area (Å²) >= 11 is 0. The Morgan fingerprint density at radius 2 is 1.44 bits per heavy atom. The minimum atomic E-state index is 0.793. The Morgan fingerprint density at radius 3 is 2.33 bits per heavy atom. The van der Waals surface area contributed by atoms with Gasteiger partial charge in [-0.25, -0.2) is 0 Å². The lowest BCUT2D eigenvalue weighted by molar-refractivity contribution is 0.114. The third kappa shape index (κ3) is 2.21. The second-order valence-corrected chi connectivity index (χ2v) is 6.88. The molecular weight excluding hydrogens is 222 g/mol. The first-order chi connectivity index (χ1) is 8.90. The summed E-state index contributed by atoms with van der Waals surface area (Å²) in [5, 5.41) is 3.85. The largest absolute Gasteiger partial charge is 0.310 e. The number of nitrogens with zero attached hydrogens (tertiary/aromatic N) is 2. The molecule has 0 amide bonds. The molecule has 0 aromatic carbocycles. The summed E-state index contributed by atoms with van der Waals surface area (Å²) in [7, 11) is 0. The van der Waals surface area contributed by atoms with Crippen LogP contribution in [-0.4, -0.2) is 60.1 Å². The van der Waals surface area contributed by atoms with Crippen LogP contribution in [0.25, 0.3) is 0 Å². The predicted octanol–water partition coefficient (Wildman–Crippen LogP) is 1.44. The average molecular weight is 249 g/mol. The van der Waals surface area contributed by atoms with Crippen molar-refractivity contribution in [2.45, 2.75) is 69.1 Å². The Morgan fingerprint density at radius 1 is 0.667 bits per heavy atom. The summed E-state index contributed by atoms with van der Waals surface area (Å²) in [6.07, 6.45) is 10.0. The highest BCUT2D eigenvalue weighted by Gasteiger charge is 2.41. The van der Waals surface area contributed by atoms with E-state index in [1.165, 1.54) is 71.1 Å². The molecule has 102 valence electrons. The summed E-state index contributed by atoms with van der Waals surface area (Å²) in [5.41, 5.74) is 0. The summed E-state index contributed by atoms with van der Waals surface area (Å²) < 4.78 is 0. The van der Waals surface area contributed by atoms with Gasteiger partial charge in [-0.3, -0.25) is 9.80 Å². The molecule has 3 nitrogen and oxygen atoms in total. The van der Waals surface area contributed by atoms with E-state index in [1.54, 1.807) is 0 Å². The average Bonchev–Trinajstić information content (AvgIpc) is 2.91. The zero-order valence-corrected chi connectivity index (χ0v) is 11.5. The van der Waals surface area contributed by atoms with Crippen molar-refractivity contribution < 1.29 is 0 Å². The fourth-order valence-electron chi connectivity index (χ4n) is 4.51. The molecule has 0 aromatic heterocycles. The second-order valence-electron chi connectivity index (χ2n) is 6.88. The van der Waals surface area contributed by atoms with Crippen molar-refractivity contribution in [1.29, 1.82) is 0 Å². The summed E-state index contributed by atoms with van der Waals surface area (Å²) in [6.45, 7) is 5.43. The molecule has 0 aromatic rings. The molecule has 3 heterocycles. The highest BCUT2D eigenvalue weighted by Crippen LogP contribution is 2.33. The molecule has 1 N–H and O–H groups in total. The first kappa shape index (κ1) is 11.7. The van der Waals surface area contributed by atoms with Crippen LogP contribution in [0.4, 0.5) is 0 Å². The molecule has 4 fully saturated rings. The molecule has 3 atom stereocenters. The number of nitrogens with one attached hydrogen (secondary N) is 1. The van der Waals surface area contributed by atoms with E-state index in [9.17, 15) is 0 Å². The van der Waals surface area contributed by atoms with Gasteiger partial charge in [0.15, 0.2) is 0 Å². The van der Waals surface area contributed by atoms with Crippen LogP contribution in [0.3, 0.4) is 0 Å². The van der Waals surface area contributed by atoms with Crippen LogP contribution in [-0.2, 0) is 0 Å². The molecule has 4 rings (SSSR count). The van der Waals surface area contributed by atoms with Crippen molar-refractivity contribution in [3.05, 3.63) is 0 Å². The van der Waals surface area contributed by atoms with E-state index in [0.29, 0.717) is 0 Å². The van der Waals surface area contributed by atoms with E-state index in [4.69, 9.17) is 0 Å². The fraction of sp³-hybridized carbons (Fsp3) is 1.00. The van der Waals surface area contributed by atoms with Crippen LogP contribution in [0.5, 0.6) is 0 Å². The number of piperidine rings is 1. The van der Waals surface area contributed by atoms with Crippen molar-refractivity contribution in [2.24, 2.45) is 0 Å². The molecule has 0 bridgehead atoms. The number of likely N-dealkylation sites (tertiary alicyclic amines) is 1. The van der Waals surface area contributed by atoms with Crippen molar-refractivity contribution in [3.63, 3.8) is 0 Å². The van der Waals surface area contributed by atoms with Gasteiger partial charge in [0, 0.05) is 37.3 Å². The van der Waals surface area contributed by atoms with Gasteiger partial charge in [-0.05, 0) is 58.0 Å². The summed E-state index contributed by atoms with van der Waals surface area (Å²) in [5.74, 6) is 0. The van der Waals surface area contributed by atoms with Crippen molar-refractivity contribution >= 4 is 0 Å². The molecule has 4 aliphatic rings. The second kappa shape index (κ2) is 4.77. The molecule has 3 saturated heterocycles. The first-order valence-corrected chi connectivity index (χ1v) is 8.14. The molecule has 18 heavy (non-hydrogen) atoms. The number of hydrogen-bond donors (Lipinski definition) is 1. The highest BCUT2D eigenvalue weighted by atomic mass is 15.3. The quantitative estimate of drug-likeness (QED) is 0.816. The lowest BCUT2D eigenvalue weighted by atomic mass is 9.99. The molecule has 3 unspecified atom stereocenters. The zero-order valence-electron chi connectivity index (χ0n) is 11.5. The van der Waals surface area contributed by atoms with E-state index in [1.807, 2.05) is 0 Å². The van der Waals surface area contributed by atoms with Gasteiger partial charge in [0.25, 0.3) is 0 Å². The monoisotopic (exact) mass is 249 g/mol. The van der Waals surface area contributed by atoms with Gasteiger partial charge in [-0.2, -0.15) is 0 Å². The van der Waals surface area contributed by atoms with Crippen molar-refractivity contribution in [1.82, 2.24) is 15.1 Å². The van der Waals surface area contributed by atoms with Crippen LogP contribution in [0.2, 0.25) is 0 Å². The Hall–Kier alpha value is -0.120. The van der Waals surface area contributed by atoms with Crippen LogP contribution in [0, 0.1) is 0 Å². The third-order valence-electron chi connectivity index (χ3n) is 5.54. The number of rotatable bonds is 3. The van der Waals surface area contributed by atoms with Gasteiger partial charge in [0.1, 0.15) is 0 Å². The SMILES string of the molecule is C1CC2C(N3CCCC(NC4CC4)C3)CCN2C1. The van der Waals surface area contributed by atoms with Crippen molar-refractivity contribution in [2.75, 3.05) is 26.2 Å². The topological polar surface area (TPSA) is 18.5 Å². The molecule has 0 spiro atoms. The molecule has 0 radical (unpaired) electrons. The van der Waals surface area contributed by atoms with Gasteiger partial charge in [0.05, 0.1) is 0 Å². The van der Waals surface area contributed by atoms with Crippen LogP contribution < -0.4 is 5.32 Å². The van der Waals surface area contributed by atoms with E-state index in [0.717, 1.165) is 24.2 Å². The molecule has 3 heteroatoms. The van der Waals surface area contributed by atoms with Gasteiger partial charge < -0.3 is 5.32 Å². The highest BCUT2D eigenvalue weighted by molar-refractivity contribution is 4.99. The van der Waals surface area contributed by atoms with Gasteiger partial charge in [-0.15, -0.1) is 0 Å². The molecule has 1 aliphatic carbocycles. The maximum atomic E-state index is 3.85.